The van der Waals surface area contributed by atoms with Crippen LogP contribution >= 0.6 is 15.9 Å². The molecule has 100 valence electrons. The topological polar surface area (TPSA) is 49.4 Å². The Hall–Kier alpha value is -1.36. The zero-order valence-electron chi connectivity index (χ0n) is 10.4. The van der Waals surface area contributed by atoms with E-state index in [2.05, 4.69) is 21.2 Å². The number of rotatable bonds is 3. The minimum atomic E-state index is -0.211. The average molecular weight is 323 g/mol. The van der Waals surface area contributed by atoms with Crippen LogP contribution < -0.4 is 10.2 Å². The van der Waals surface area contributed by atoms with Gasteiger partial charge < -0.3 is 10.2 Å². The van der Waals surface area contributed by atoms with Crippen LogP contribution in [0.1, 0.15) is 19.3 Å². The summed E-state index contributed by atoms with van der Waals surface area (Å²) in [6.07, 6.45) is 2.46. The van der Waals surface area contributed by atoms with Crippen LogP contribution in [0.25, 0.3) is 0 Å². The lowest BCUT2D eigenvalue weighted by atomic mass is 10.1. The number of anilines is 1. The fourth-order valence-electron chi connectivity index (χ4n) is 2.30. The van der Waals surface area contributed by atoms with Crippen LogP contribution in [0.5, 0.6) is 0 Å². The van der Waals surface area contributed by atoms with E-state index in [1.165, 1.54) is 0 Å². The number of nitrogens with zero attached hydrogens (tertiary/aromatic N) is 1. The Bertz CT molecular complexity index is 511. The predicted octanol–water partition coefficient (Wildman–Crippen LogP) is 2.08. The summed E-state index contributed by atoms with van der Waals surface area (Å²) in [5.41, 5.74) is 0.856. The third-order valence-electron chi connectivity index (χ3n) is 3.56. The monoisotopic (exact) mass is 322 g/mol. The van der Waals surface area contributed by atoms with Gasteiger partial charge in [-0.25, -0.2) is 0 Å². The van der Waals surface area contributed by atoms with Gasteiger partial charge in [-0.05, 0) is 37.1 Å². The first-order chi connectivity index (χ1) is 9.13. The molecule has 5 heteroatoms. The van der Waals surface area contributed by atoms with Gasteiger partial charge in [0.05, 0.1) is 5.92 Å². The number of benzene rings is 1. The maximum Gasteiger partial charge on any atom is 0.227 e. The second-order valence-electron chi connectivity index (χ2n) is 5.16. The van der Waals surface area contributed by atoms with Gasteiger partial charge in [-0.15, -0.1) is 0 Å². The van der Waals surface area contributed by atoms with Crippen LogP contribution in [-0.2, 0) is 9.59 Å². The van der Waals surface area contributed by atoms with Crippen molar-refractivity contribution in [3.63, 3.8) is 0 Å². The summed E-state index contributed by atoms with van der Waals surface area (Å²) in [5.74, 6) is -0.162. The van der Waals surface area contributed by atoms with Gasteiger partial charge in [0.15, 0.2) is 0 Å². The van der Waals surface area contributed by atoms with E-state index in [0.29, 0.717) is 19.0 Å². The van der Waals surface area contributed by atoms with Crippen LogP contribution in [0.2, 0.25) is 0 Å². The molecular weight excluding hydrogens is 308 g/mol. The van der Waals surface area contributed by atoms with E-state index in [1.807, 2.05) is 24.3 Å². The Labute approximate surface area is 120 Å². The predicted molar refractivity (Wildman–Crippen MR) is 75.8 cm³/mol. The van der Waals surface area contributed by atoms with E-state index in [-0.39, 0.29) is 17.7 Å². The number of hydrogen-bond donors (Lipinski definition) is 1. The summed E-state index contributed by atoms with van der Waals surface area (Å²) in [6.45, 7) is 0.485. The molecule has 1 saturated heterocycles. The van der Waals surface area contributed by atoms with Crippen LogP contribution in [0.3, 0.4) is 0 Å². The van der Waals surface area contributed by atoms with Gasteiger partial charge in [-0.3, -0.25) is 9.59 Å². The lowest BCUT2D eigenvalue weighted by molar-refractivity contribution is -0.126. The second kappa shape index (κ2) is 4.96. The molecule has 4 nitrogen and oxygen atoms in total. The van der Waals surface area contributed by atoms with Crippen molar-refractivity contribution in [1.29, 1.82) is 0 Å². The summed E-state index contributed by atoms with van der Waals surface area (Å²) >= 11 is 3.37. The zero-order valence-corrected chi connectivity index (χ0v) is 12.0. The van der Waals surface area contributed by atoms with Crippen molar-refractivity contribution in [3.8, 4) is 0 Å². The van der Waals surface area contributed by atoms with E-state index in [4.69, 9.17) is 0 Å². The molecule has 2 fully saturated rings. The molecule has 1 saturated carbocycles. The van der Waals surface area contributed by atoms with E-state index >= 15 is 0 Å². The summed E-state index contributed by atoms with van der Waals surface area (Å²) < 4.78 is 0.978. The van der Waals surface area contributed by atoms with Crippen molar-refractivity contribution < 1.29 is 9.59 Å². The Balaban J connectivity index is 1.68. The van der Waals surface area contributed by atoms with E-state index in [0.717, 1.165) is 23.0 Å². The third-order valence-corrected chi connectivity index (χ3v) is 4.09. The Morgan fingerprint density at radius 2 is 1.95 bits per heavy atom. The zero-order chi connectivity index (χ0) is 13.4. The number of amides is 2. The van der Waals surface area contributed by atoms with E-state index in [9.17, 15) is 9.59 Å². The van der Waals surface area contributed by atoms with Crippen molar-refractivity contribution in [2.75, 3.05) is 11.4 Å². The Morgan fingerprint density at radius 1 is 1.26 bits per heavy atom. The fraction of sp³-hybridized carbons (Fsp3) is 0.429. The number of hydrogen-bond acceptors (Lipinski definition) is 2. The molecule has 0 aromatic heterocycles. The SMILES string of the molecule is O=C(NC1CC1)[C@H]1CC(=O)N(c2ccc(Br)cc2)C1. The van der Waals surface area contributed by atoms with Crippen molar-refractivity contribution >= 4 is 33.4 Å². The minimum Gasteiger partial charge on any atom is -0.353 e. The van der Waals surface area contributed by atoms with Crippen molar-refractivity contribution in [2.24, 2.45) is 5.92 Å². The van der Waals surface area contributed by atoms with Crippen LogP contribution in [0.15, 0.2) is 28.7 Å². The van der Waals surface area contributed by atoms with Gasteiger partial charge in [0.25, 0.3) is 0 Å². The first kappa shape index (κ1) is 12.7. The normalized spacial score (nSPS) is 22.7. The summed E-state index contributed by atoms with van der Waals surface area (Å²) in [5, 5.41) is 2.97. The second-order valence-corrected chi connectivity index (χ2v) is 6.08. The van der Waals surface area contributed by atoms with Gasteiger partial charge in [0, 0.05) is 29.2 Å². The molecule has 0 unspecified atom stereocenters. The number of nitrogens with one attached hydrogen (secondary N) is 1. The Kier molecular flexibility index (Phi) is 3.31. The van der Waals surface area contributed by atoms with Gasteiger partial charge in [-0.1, -0.05) is 15.9 Å². The molecule has 1 N–H and O–H groups in total. The average Bonchev–Trinajstić information content (AvgIpc) is 3.11. The van der Waals surface area contributed by atoms with Crippen molar-refractivity contribution in [3.05, 3.63) is 28.7 Å². The summed E-state index contributed by atoms with van der Waals surface area (Å²) in [6, 6.07) is 7.94. The first-order valence-corrected chi connectivity index (χ1v) is 7.29. The van der Waals surface area contributed by atoms with Crippen LogP contribution in [0.4, 0.5) is 5.69 Å². The quantitative estimate of drug-likeness (QED) is 0.926. The lowest BCUT2D eigenvalue weighted by Gasteiger charge is -2.16. The smallest absolute Gasteiger partial charge is 0.227 e. The molecule has 2 amide bonds. The molecule has 0 radical (unpaired) electrons. The highest BCUT2D eigenvalue weighted by Crippen LogP contribution is 2.27. The highest BCUT2D eigenvalue weighted by Gasteiger charge is 2.36. The standard InChI is InChI=1S/C14H15BrN2O2/c15-10-1-5-12(6-2-10)17-8-9(7-13(17)18)14(19)16-11-3-4-11/h1-2,5-6,9,11H,3-4,7-8H2,(H,16,19)/t9-/m0/s1. The van der Waals surface area contributed by atoms with E-state index < -0.39 is 0 Å². The molecule has 1 aliphatic heterocycles. The lowest BCUT2D eigenvalue weighted by Crippen LogP contribution is -2.34. The van der Waals surface area contributed by atoms with Gasteiger partial charge >= 0.3 is 0 Å². The fourth-order valence-corrected chi connectivity index (χ4v) is 2.56. The number of carbonyl (C=O) groups is 2. The summed E-state index contributed by atoms with van der Waals surface area (Å²) in [7, 11) is 0. The van der Waals surface area contributed by atoms with Gasteiger partial charge in [-0.2, -0.15) is 0 Å². The molecule has 1 aromatic carbocycles. The first-order valence-electron chi connectivity index (χ1n) is 6.50. The van der Waals surface area contributed by atoms with Gasteiger partial charge in [0.2, 0.25) is 11.8 Å². The molecule has 1 aliphatic carbocycles. The third kappa shape index (κ3) is 2.81. The molecule has 0 spiro atoms. The van der Waals surface area contributed by atoms with Crippen LogP contribution in [0, 0.1) is 5.92 Å². The minimum absolute atomic E-state index is 0.0236. The largest absolute Gasteiger partial charge is 0.353 e. The molecule has 3 rings (SSSR count). The molecule has 1 heterocycles. The number of halogens is 1. The molecular formula is C14H15BrN2O2. The highest BCUT2D eigenvalue weighted by molar-refractivity contribution is 9.10. The summed E-state index contributed by atoms with van der Waals surface area (Å²) in [4.78, 5) is 25.7. The maximum atomic E-state index is 12.0. The molecule has 2 aliphatic rings. The Morgan fingerprint density at radius 3 is 2.58 bits per heavy atom. The van der Waals surface area contributed by atoms with Crippen molar-refractivity contribution in [1.82, 2.24) is 5.32 Å². The van der Waals surface area contributed by atoms with Crippen molar-refractivity contribution in [2.45, 2.75) is 25.3 Å². The molecule has 1 atom stereocenters. The number of carbonyl (C=O) groups excluding carboxylic acids is 2. The van der Waals surface area contributed by atoms with E-state index in [1.54, 1.807) is 4.90 Å². The maximum absolute atomic E-state index is 12.0. The molecule has 19 heavy (non-hydrogen) atoms. The van der Waals surface area contributed by atoms with Gasteiger partial charge in [0.1, 0.15) is 0 Å². The molecule has 0 bridgehead atoms. The highest BCUT2D eigenvalue weighted by atomic mass is 79.9. The molecule has 1 aromatic rings. The van der Waals surface area contributed by atoms with Crippen LogP contribution in [-0.4, -0.2) is 24.4 Å².